The predicted molar refractivity (Wildman–Crippen MR) is 50.0 cm³/mol. The van der Waals surface area contributed by atoms with Gasteiger partial charge in [0.25, 0.3) is 0 Å². The van der Waals surface area contributed by atoms with Crippen molar-refractivity contribution < 1.29 is 5.11 Å². The topological polar surface area (TPSA) is 46.2 Å². The third-order valence-corrected chi connectivity index (χ3v) is 1.86. The van der Waals surface area contributed by atoms with Crippen LogP contribution in [0.1, 0.15) is 11.1 Å². The van der Waals surface area contributed by atoms with Gasteiger partial charge in [-0.1, -0.05) is 24.3 Å². The van der Waals surface area contributed by atoms with Crippen molar-refractivity contribution in [2.75, 3.05) is 13.2 Å². The van der Waals surface area contributed by atoms with E-state index >= 15 is 0 Å². The summed E-state index contributed by atoms with van der Waals surface area (Å²) in [6, 6.07) is 8.22. The lowest BCUT2D eigenvalue weighted by atomic mass is 10.1. The Morgan fingerprint density at radius 3 is 1.92 bits per heavy atom. The van der Waals surface area contributed by atoms with Gasteiger partial charge in [0.15, 0.2) is 0 Å². The van der Waals surface area contributed by atoms with Gasteiger partial charge in [-0.3, -0.25) is 0 Å². The lowest BCUT2D eigenvalue weighted by molar-refractivity contribution is 0.299. The molecule has 0 aromatic heterocycles. The van der Waals surface area contributed by atoms with Crippen molar-refractivity contribution in [3.8, 4) is 0 Å². The summed E-state index contributed by atoms with van der Waals surface area (Å²) in [4.78, 5) is 0. The van der Waals surface area contributed by atoms with Gasteiger partial charge in [0, 0.05) is 6.61 Å². The summed E-state index contributed by atoms with van der Waals surface area (Å²) < 4.78 is 0. The molecule has 1 aromatic rings. The third-order valence-electron chi connectivity index (χ3n) is 1.86. The van der Waals surface area contributed by atoms with Crippen LogP contribution in [0.15, 0.2) is 24.3 Å². The van der Waals surface area contributed by atoms with Crippen LogP contribution in [0.5, 0.6) is 0 Å². The van der Waals surface area contributed by atoms with Crippen LogP contribution >= 0.6 is 0 Å². The molecule has 0 radical (unpaired) electrons. The predicted octanol–water partition coefficient (Wildman–Crippen LogP) is 0.723. The quantitative estimate of drug-likeness (QED) is 0.690. The van der Waals surface area contributed by atoms with Gasteiger partial charge in [-0.15, -0.1) is 0 Å². The molecule has 0 aliphatic carbocycles. The second kappa shape index (κ2) is 4.91. The van der Waals surface area contributed by atoms with E-state index in [2.05, 4.69) is 12.1 Å². The van der Waals surface area contributed by atoms with Crippen LogP contribution in [-0.4, -0.2) is 18.3 Å². The molecule has 0 amide bonds. The maximum absolute atomic E-state index is 8.67. The second-order valence-electron chi connectivity index (χ2n) is 2.83. The number of aliphatic hydroxyl groups excluding tert-OH is 1. The van der Waals surface area contributed by atoms with Gasteiger partial charge in [-0.05, 0) is 30.5 Å². The fourth-order valence-electron chi connectivity index (χ4n) is 1.17. The standard InChI is InChI=1S/C10H15NO/c11-7-5-9-1-3-10(4-2-9)6-8-12/h1-4,12H,5-8,11H2. The van der Waals surface area contributed by atoms with Gasteiger partial charge < -0.3 is 10.8 Å². The Morgan fingerprint density at radius 2 is 1.50 bits per heavy atom. The first kappa shape index (κ1) is 9.23. The summed E-state index contributed by atoms with van der Waals surface area (Å²) in [7, 11) is 0. The Hall–Kier alpha value is -0.860. The summed E-state index contributed by atoms with van der Waals surface area (Å²) >= 11 is 0. The molecular weight excluding hydrogens is 150 g/mol. The van der Waals surface area contributed by atoms with Gasteiger partial charge in [0.1, 0.15) is 0 Å². The van der Waals surface area contributed by atoms with E-state index < -0.39 is 0 Å². The zero-order valence-electron chi connectivity index (χ0n) is 7.16. The number of hydrogen-bond acceptors (Lipinski definition) is 2. The van der Waals surface area contributed by atoms with Gasteiger partial charge in [-0.2, -0.15) is 0 Å². The van der Waals surface area contributed by atoms with Crippen molar-refractivity contribution in [1.82, 2.24) is 0 Å². The highest BCUT2D eigenvalue weighted by Gasteiger charge is 1.92. The first-order valence-corrected chi connectivity index (χ1v) is 4.25. The van der Waals surface area contributed by atoms with Crippen molar-refractivity contribution in [3.63, 3.8) is 0 Å². The molecule has 0 unspecified atom stereocenters. The molecule has 1 rings (SSSR count). The monoisotopic (exact) mass is 165 g/mol. The Kier molecular flexibility index (Phi) is 3.77. The Balaban J connectivity index is 2.58. The van der Waals surface area contributed by atoms with Crippen LogP contribution in [-0.2, 0) is 12.8 Å². The van der Waals surface area contributed by atoms with Crippen LogP contribution in [0.3, 0.4) is 0 Å². The van der Waals surface area contributed by atoms with E-state index in [1.165, 1.54) is 11.1 Å². The summed E-state index contributed by atoms with van der Waals surface area (Å²) in [6.07, 6.45) is 1.67. The number of hydrogen-bond donors (Lipinski definition) is 2. The Bertz CT molecular complexity index is 193. The lowest BCUT2D eigenvalue weighted by Gasteiger charge is -2.00. The average Bonchev–Trinajstić information content (AvgIpc) is 2.09. The van der Waals surface area contributed by atoms with Crippen LogP contribution in [0.25, 0.3) is 0 Å². The van der Waals surface area contributed by atoms with E-state index in [0.717, 1.165) is 12.8 Å². The number of nitrogens with two attached hydrogens (primary N) is 1. The van der Waals surface area contributed by atoms with Gasteiger partial charge in [-0.25, -0.2) is 0 Å². The lowest BCUT2D eigenvalue weighted by Crippen LogP contribution is -2.02. The molecule has 0 saturated heterocycles. The van der Waals surface area contributed by atoms with Crippen molar-refractivity contribution in [2.45, 2.75) is 12.8 Å². The molecule has 0 aliphatic heterocycles. The number of rotatable bonds is 4. The molecule has 0 saturated carbocycles. The maximum atomic E-state index is 8.67. The third kappa shape index (κ3) is 2.64. The highest BCUT2D eigenvalue weighted by molar-refractivity contribution is 5.22. The highest BCUT2D eigenvalue weighted by Crippen LogP contribution is 2.04. The minimum Gasteiger partial charge on any atom is -0.396 e. The van der Waals surface area contributed by atoms with Crippen LogP contribution in [0.4, 0.5) is 0 Å². The van der Waals surface area contributed by atoms with E-state index in [-0.39, 0.29) is 6.61 Å². The molecule has 0 spiro atoms. The van der Waals surface area contributed by atoms with Gasteiger partial charge in [0.05, 0.1) is 0 Å². The number of benzene rings is 1. The molecule has 2 nitrogen and oxygen atoms in total. The zero-order valence-corrected chi connectivity index (χ0v) is 7.16. The molecule has 0 fully saturated rings. The van der Waals surface area contributed by atoms with E-state index in [9.17, 15) is 0 Å². The molecular formula is C10H15NO. The summed E-state index contributed by atoms with van der Waals surface area (Å²) in [5.41, 5.74) is 7.86. The summed E-state index contributed by atoms with van der Waals surface area (Å²) in [6.45, 7) is 0.912. The van der Waals surface area contributed by atoms with Crippen molar-refractivity contribution in [1.29, 1.82) is 0 Å². The molecule has 0 aliphatic rings. The van der Waals surface area contributed by atoms with E-state index in [0.29, 0.717) is 6.54 Å². The van der Waals surface area contributed by atoms with Crippen molar-refractivity contribution in [3.05, 3.63) is 35.4 Å². The van der Waals surface area contributed by atoms with Crippen molar-refractivity contribution >= 4 is 0 Å². The summed E-state index contributed by atoms with van der Waals surface area (Å²) in [5.74, 6) is 0. The Morgan fingerprint density at radius 1 is 1.00 bits per heavy atom. The largest absolute Gasteiger partial charge is 0.396 e. The minimum absolute atomic E-state index is 0.218. The fraction of sp³-hybridized carbons (Fsp3) is 0.400. The van der Waals surface area contributed by atoms with Crippen LogP contribution < -0.4 is 5.73 Å². The second-order valence-corrected chi connectivity index (χ2v) is 2.83. The van der Waals surface area contributed by atoms with Crippen LogP contribution in [0, 0.1) is 0 Å². The van der Waals surface area contributed by atoms with Crippen LogP contribution in [0.2, 0.25) is 0 Å². The SMILES string of the molecule is NCCc1ccc(CCO)cc1. The van der Waals surface area contributed by atoms with E-state index in [4.69, 9.17) is 10.8 Å². The highest BCUT2D eigenvalue weighted by atomic mass is 16.2. The molecule has 3 N–H and O–H groups in total. The molecule has 0 heterocycles. The van der Waals surface area contributed by atoms with E-state index in [1.54, 1.807) is 0 Å². The molecule has 2 heteroatoms. The maximum Gasteiger partial charge on any atom is 0.0471 e. The molecule has 0 atom stereocenters. The fourth-order valence-corrected chi connectivity index (χ4v) is 1.17. The van der Waals surface area contributed by atoms with Crippen molar-refractivity contribution in [2.24, 2.45) is 5.73 Å². The minimum atomic E-state index is 0.218. The number of aliphatic hydroxyl groups is 1. The Labute approximate surface area is 73.0 Å². The molecule has 1 aromatic carbocycles. The molecule has 0 bridgehead atoms. The smallest absolute Gasteiger partial charge is 0.0471 e. The van der Waals surface area contributed by atoms with Gasteiger partial charge >= 0.3 is 0 Å². The summed E-state index contributed by atoms with van der Waals surface area (Å²) in [5, 5.41) is 8.67. The zero-order chi connectivity index (χ0) is 8.81. The molecule has 66 valence electrons. The average molecular weight is 165 g/mol. The molecule has 12 heavy (non-hydrogen) atoms. The first-order chi connectivity index (χ1) is 5.86. The first-order valence-electron chi connectivity index (χ1n) is 4.25. The normalized spacial score (nSPS) is 10.2. The van der Waals surface area contributed by atoms with E-state index in [1.807, 2.05) is 12.1 Å². The van der Waals surface area contributed by atoms with Gasteiger partial charge in [0.2, 0.25) is 0 Å².